The van der Waals surface area contributed by atoms with Gasteiger partial charge in [0, 0.05) is 17.6 Å². The van der Waals surface area contributed by atoms with Crippen molar-refractivity contribution in [1.82, 2.24) is 5.32 Å². The van der Waals surface area contributed by atoms with Gasteiger partial charge in [0.15, 0.2) is 0 Å². The zero-order valence-corrected chi connectivity index (χ0v) is 13.0. The topological polar surface area (TPSA) is 21.3 Å². The number of halogens is 2. The van der Waals surface area contributed by atoms with Crippen LogP contribution in [0.15, 0.2) is 22.7 Å². The van der Waals surface area contributed by atoms with Crippen LogP contribution in [0.3, 0.4) is 0 Å². The Kier molecular flexibility index (Phi) is 5.76. The van der Waals surface area contributed by atoms with E-state index >= 15 is 0 Å². The van der Waals surface area contributed by atoms with Gasteiger partial charge in [0.05, 0.1) is 5.60 Å². The fraction of sp³-hybridized carbons (Fsp3) is 0.571. The molecule has 1 rings (SSSR count). The molecule has 1 unspecified atom stereocenters. The largest absolute Gasteiger partial charge is 0.379 e. The quantitative estimate of drug-likeness (QED) is 0.854. The summed E-state index contributed by atoms with van der Waals surface area (Å²) in [5, 5.41) is 3.23. The van der Waals surface area contributed by atoms with E-state index < -0.39 is 0 Å². The first-order valence-electron chi connectivity index (χ1n) is 6.06. The second-order valence-corrected chi connectivity index (χ2v) is 5.96. The Bertz CT molecular complexity index is 375. The van der Waals surface area contributed by atoms with Crippen molar-refractivity contribution in [3.63, 3.8) is 0 Å². The second-order valence-electron chi connectivity index (χ2n) is 5.05. The van der Waals surface area contributed by atoms with Crippen LogP contribution in [0.25, 0.3) is 0 Å². The van der Waals surface area contributed by atoms with Gasteiger partial charge in [-0.25, -0.2) is 4.39 Å². The van der Waals surface area contributed by atoms with Gasteiger partial charge >= 0.3 is 0 Å². The van der Waals surface area contributed by atoms with Gasteiger partial charge in [-0.3, -0.25) is 0 Å². The number of benzene rings is 1. The lowest BCUT2D eigenvalue weighted by atomic mass is 9.95. The number of rotatable bonds is 6. The van der Waals surface area contributed by atoms with Crippen molar-refractivity contribution in [2.45, 2.75) is 38.3 Å². The predicted octanol–water partition coefficient (Wildman–Crippen LogP) is 4.05. The van der Waals surface area contributed by atoms with Crippen molar-refractivity contribution < 1.29 is 9.13 Å². The molecule has 0 amide bonds. The molecule has 0 radical (unpaired) electrons. The van der Waals surface area contributed by atoms with E-state index in [2.05, 4.69) is 35.1 Å². The molecule has 0 saturated carbocycles. The molecule has 0 heterocycles. The first kappa shape index (κ1) is 15.6. The van der Waals surface area contributed by atoms with E-state index in [0.29, 0.717) is 0 Å². The average molecular weight is 318 g/mol. The fourth-order valence-corrected chi connectivity index (χ4v) is 2.33. The number of hydrogen-bond donors (Lipinski definition) is 1. The van der Waals surface area contributed by atoms with Crippen LogP contribution >= 0.6 is 15.9 Å². The van der Waals surface area contributed by atoms with Crippen LogP contribution in [0, 0.1) is 5.82 Å². The van der Waals surface area contributed by atoms with Crippen molar-refractivity contribution in [2.24, 2.45) is 0 Å². The molecular weight excluding hydrogens is 297 g/mol. The fourth-order valence-electron chi connectivity index (χ4n) is 1.85. The summed E-state index contributed by atoms with van der Waals surface area (Å²) in [5.74, 6) is -0.217. The van der Waals surface area contributed by atoms with E-state index in [9.17, 15) is 4.39 Å². The van der Waals surface area contributed by atoms with E-state index in [-0.39, 0.29) is 17.5 Å². The number of nitrogens with one attached hydrogen (secondary N) is 1. The molecular formula is C14H21BrFNO. The molecule has 0 aliphatic rings. The van der Waals surface area contributed by atoms with Crippen molar-refractivity contribution >= 4 is 15.9 Å². The Labute approximate surface area is 117 Å². The maximum absolute atomic E-state index is 13.4. The number of methoxy groups -OCH3 is 1. The zero-order chi connectivity index (χ0) is 13.8. The molecule has 0 saturated heterocycles. The Balaban J connectivity index is 2.77. The minimum absolute atomic E-state index is 0.131. The Morgan fingerprint density at radius 1 is 1.39 bits per heavy atom. The van der Waals surface area contributed by atoms with Gasteiger partial charge < -0.3 is 10.1 Å². The van der Waals surface area contributed by atoms with Crippen LogP contribution in [0.2, 0.25) is 0 Å². The van der Waals surface area contributed by atoms with Crippen molar-refractivity contribution in [3.05, 3.63) is 34.1 Å². The highest BCUT2D eigenvalue weighted by atomic mass is 79.9. The standard InChI is InChI=1S/C14H21BrFNO/c1-14(2,18-4)6-5-13(17-3)10-7-11(15)9-12(16)8-10/h7-9,13,17H,5-6H2,1-4H3. The summed E-state index contributed by atoms with van der Waals surface area (Å²) in [7, 11) is 3.61. The molecule has 4 heteroatoms. The minimum Gasteiger partial charge on any atom is -0.379 e. The maximum atomic E-state index is 13.4. The molecule has 0 fully saturated rings. The minimum atomic E-state index is -0.217. The molecule has 102 valence electrons. The van der Waals surface area contributed by atoms with Crippen molar-refractivity contribution in [3.8, 4) is 0 Å². The van der Waals surface area contributed by atoms with Gasteiger partial charge in [-0.15, -0.1) is 0 Å². The third kappa shape index (κ3) is 4.67. The van der Waals surface area contributed by atoms with E-state index in [0.717, 1.165) is 22.9 Å². The van der Waals surface area contributed by atoms with Crippen molar-refractivity contribution in [2.75, 3.05) is 14.2 Å². The summed E-state index contributed by atoms with van der Waals surface area (Å²) < 4.78 is 19.6. The van der Waals surface area contributed by atoms with Gasteiger partial charge in [0.25, 0.3) is 0 Å². The van der Waals surface area contributed by atoms with Gasteiger partial charge in [-0.1, -0.05) is 15.9 Å². The van der Waals surface area contributed by atoms with Gasteiger partial charge in [0.1, 0.15) is 5.82 Å². The Hall–Kier alpha value is -0.450. The molecule has 0 bridgehead atoms. The van der Waals surface area contributed by atoms with Crippen molar-refractivity contribution in [1.29, 1.82) is 0 Å². The molecule has 1 aromatic carbocycles. The van der Waals surface area contributed by atoms with Gasteiger partial charge in [0.2, 0.25) is 0 Å². The second kappa shape index (κ2) is 6.64. The summed E-state index contributed by atoms with van der Waals surface area (Å²) in [5.41, 5.74) is 0.802. The summed E-state index contributed by atoms with van der Waals surface area (Å²) in [4.78, 5) is 0. The monoisotopic (exact) mass is 317 g/mol. The number of ether oxygens (including phenoxy) is 1. The zero-order valence-electron chi connectivity index (χ0n) is 11.4. The highest BCUT2D eigenvalue weighted by Crippen LogP contribution is 2.26. The lowest BCUT2D eigenvalue weighted by molar-refractivity contribution is 0.0118. The van der Waals surface area contributed by atoms with E-state index in [1.54, 1.807) is 13.2 Å². The third-order valence-corrected chi connectivity index (χ3v) is 3.68. The normalized spacial score (nSPS) is 13.7. The molecule has 18 heavy (non-hydrogen) atoms. The average Bonchev–Trinajstić information content (AvgIpc) is 2.28. The Morgan fingerprint density at radius 2 is 2.06 bits per heavy atom. The molecule has 1 N–H and O–H groups in total. The molecule has 0 aromatic heterocycles. The van der Waals surface area contributed by atoms with Crippen LogP contribution in [0.5, 0.6) is 0 Å². The molecule has 0 aliphatic heterocycles. The highest BCUT2D eigenvalue weighted by Gasteiger charge is 2.20. The Morgan fingerprint density at radius 3 is 2.56 bits per heavy atom. The highest BCUT2D eigenvalue weighted by molar-refractivity contribution is 9.10. The lowest BCUT2D eigenvalue weighted by Crippen LogP contribution is -2.26. The first-order valence-corrected chi connectivity index (χ1v) is 6.85. The van der Waals surface area contributed by atoms with E-state index in [1.807, 2.05) is 13.1 Å². The van der Waals surface area contributed by atoms with Crippen LogP contribution in [-0.4, -0.2) is 19.8 Å². The van der Waals surface area contributed by atoms with Crippen LogP contribution in [-0.2, 0) is 4.74 Å². The summed E-state index contributed by atoms with van der Waals surface area (Å²) >= 11 is 3.32. The van der Waals surface area contributed by atoms with Gasteiger partial charge in [-0.05, 0) is 57.5 Å². The summed E-state index contributed by atoms with van der Waals surface area (Å²) in [6.45, 7) is 4.11. The van der Waals surface area contributed by atoms with Gasteiger partial charge in [-0.2, -0.15) is 0 Å². The molecule has 2 nitrogen and oxygen atoms in total. The molecule has 0 aliphatic carbocycles. The van der Waals surface area contributed by atoms with Crippen LogP contribution in [0.4, 0.5) is 4.39 Å². The predicted molar refractivity (Wildman–Crippen MR) is 76.2 cm³/mol. The van der Waals surface area contributed by atoms with Crippen LogP contribution in [0.1, 0.15) is 38.3 Å². The first-order chi connectivity index (χ1) is 8.38. The molecule has 1 aromatic rings. The summed E-state index contributed by atoms with van der Waals surface area (Å²) in [6, 6.07) is 5.12. The molecule has 1 atom stereocenters. The third-order valence-electron chi connectivity index (χ3n) is 3.22. The maximum Gasteiger partial charge on any atom is 0.124 e. The lowest BCUT2D eigenvalue weighted by Gasteiger charge is -2.26. The SMILES string of the molecule is CNC(CCC(C)(C)OC)c1cc(F)cc(Br)c1. The summed E-state index contributed by atoms with van der Waals surface area (Å²) in [6.07, 6.45) is 1.80. The number of hydrogen-bond acceptors (Lipinski definition) is 2. The van der Waals surface area contributed by atoms with Crippen LogP contribution < -0.4 is 5.32 Å². The van der Waals surface area contributed by atoms with E-state index in [4.69, 9.17) is 4.74 Å². The molecule has 0 spiro atoms. The smallest absolute Gasteiger partial charge is 0.124 e. The van der Waals surface area contributed by atoms with E-state index in [1.165, 1.54) is 6.07 Å².